The van der Waals surface area contributed by atoms with Crippen molar-refractivity contribution in [2.45, 2.75) is 19.4 Å². The highest BCUT2D eigenvalue weighted by molar-refractivity contribution is 9.10. The van der Waals surface area contributed by atoms with E-state index in [1.54, 1.807) is 11.3 Å². The summed E-state index contributed by atoms with van der Waals surface area (Å²) in [5.74, 6) is 0. The Kier molecular flexibility index (Phi) is 3.67. The van der Waals surface area contributed by atoms with Gasteiger partial charge in [0.25, 0.3) is 0 Å². The molecule has 5 heteroatoms. The van der Waals surface area contributed by atoms with Gasteiger partial charge in [-0.15, -0.1) is 11.3 Å². The number of benzene rings is 1. The first-order valence-corrected chi connectivity index (χ1v) is 8.15. The molecule has 0 fully saturated rings. The molecule has 0 bridgehead atoms. The van der Waals surface area contributed by atoms with Crippen LogP contribution in [0.2, 0.25) is 0 Å². The van der Waals surface area contributed by atoms with E-state index in [1.165, 1.54) is 15.6 Å². The molecule has 0 aliphatic carbocycles. The van der Waals surface area contributed by atoms with Crippen molar-refractivity contribution in [2.24, 2.45) is 12.8 Å². The summed E-state index contributed by atoms with van der Waals surface area (Å²) in [6.45, 7) is 2.00. The number of hydrogen-bond acceptors (Lipinski definition) is 3. The standard InChI is InChI=1S/C15H16BrN3S/c1-9-15(16)13(19(2)18-9)7-12(17)11-8-20-14-6-4-3-5-10(11)14/h3-6,8,12H,7,17H2,1-2H3. The molecule has 1 aromatic carbocycles. The van der Waals surface area contributed by atoms with Gasteiger partial charge in [0.1, 0.15) is 0 Å². The SMILES string of the molecule is Cc1nn(C)c(CC(N)c2csc3ccccc23)c1Br. The number of halogens is 1. The van der Waals surface area contributed by atoms with Gasteiger partial charge in [0, 0.05) is 24.2 Å². The van der Waals surface area contributed by atoms with Gasteiger partial charge in [-0.25, -0.2) is 0 Å². The second-order valence-corrected chi connectivity index (χ2v) is 6.67. The number of aromatic nitrogens is 2. The van der Waals surface area contributed by atoms with Gasteiger partial charge in [-0.2, -0.15) is 5.10 Å². The Bertz CT molecular complexity index is 760. The van der Waals surface area contributed by atoms with Gasteiger partial charge in [0.05, 0.1) is 15.9 Å². The largest absolute Gasteiger partial charge is 0.324 e. The molecule has 0 saturated carbocycles. The normalized spacial score (nSPS) is 13.0. The Morgan fingerprint density at radius 3 is 2.85 bits per heavy atom. The van der Waals surface area contributed by atoms with Gasteiger partial charge in [0.15, 0.2) is 0 Å². The van der Waals surface area contributed by atoms with Crippen LogP contribution in [0.3, 0.4) is 0 Å². The third-order valence-corrected chi connectivity index (χ3v) is 5.60. The molecule has 0 aliphatic rings. The average Bonchev–Trinajstić information content (AvgIpc) is 2.96. The van der Waals surface area contributed by atoms with E-state index in [2.05, 4.69) is 50.7 Å². The van der Waals surface area contributed by atoms with Crippen molar-refractivity contribution >= 4 is 37.4 Å². The quantitative estimate of drug-likeness (QED) is 0.777. The lowest BCUT2D eigenvalue weighted by Crippen LogP contribution is -2.15. The van der Waals surface area contributed by atoms with E-state index >= 15 is 0 Å². The monoisotopic (exact) mass is 349 g/mol. The summed E-state index contributed by atoms with van der Waals surface area (Å²) >= 11 is 5.36. The fourth-order valence-electron chi connectivity index (χ4n) is 2.51. The van der Waals surface area contributed by atoms with Gasteiger partial charge in [-0.05, 0) is 45.2 Å². The lowest BCUT2D eigenvalue weighted by molar-refractivity contribution is 0.642. The lowest BCUT2D eigenvalue weighted by Gasteiger charge is -2.12. The Balaban J connectivity index is 1.95. The topological polar surface area (TPSA) is 43.8 Å². The molecule has 0 saturated heterocycles. The second kappa shape index (κ2) is 5.31. The van der Waals surface area contributed by atoms with Crippen LogP contribution in [-0.2, 0) is 13.5 Å². The highest BCUT2D eigenvalue weighted by Crippen LogP contribution is 2.32. The minimum atomic E-state index is -0.0164. The highest BCUT2D eigenvalue weighted by atomic mass is 79.9. The lowest BCUT2D eigenvalue weighted by atomic mass is 10.0. The number of nitrogens with two attached hydrogens (primary N) is 1. The summed E-state index contributed by atoms with van der Waals surface area (Å²) in [7, 11) is 1.96. The number of hydrogen-bond donors (Lipinski definition) is 1. The Labute approximate surface area is 130 Å². The van der Waals surface area contributed by atoms with Gasteiger partial charge in [-0.1, -0.05) is 18.2 Å². The second-order valence-electron chi connectivity index (χ2n) is 4.97. The molecule has 0 aliphatic heterocycles. The van der Waals surface area contributed by atoms with Crippen LogP contribution in [0.15, 0.2) is 34.1 Å². The predicted octanol–water partition coefficient (Wildman–Crippen LogP) is 3.95. The van der Waals surface area contributed by atoms with Crippen molar-refractivity contribution in [3.63, 3.8) is 0 Å². The minimum absolute atomic E-state index is 0.0164. The number of fused-ring (bicyclic) bond motifs is 1. The van der Waals surface area contributed by atoms with Crippen molar-refractivity contribution in [1.29, 1.82) is 0 Å². The molecular weight excluding hydrogens is 334 g/mol. The third kappa shape index (κ3) is 2.30. The smallest absolute Gasteiger partial charge is 0.0738 e. The van der Waals surface area contributed by atoms with E-state index in [0.29, 0.717) is 0 Å². The predicted molar refractivity (Wildman–Crippen MR) is 88.1 cm³/mol. The molecule has 0 radical (unpaired) electrons. The molecule has 3 rings (SSSR count). The molecule has 2 heterocycles. The summed E-state index contributed by atoms with van der Waals surface area (Å²) < 4.78 is 4.27. The van der Waals surface area contributed by atoms with E-state index in [1.807, 2.05) is 18.7 Å². The van der Waals surface area contributed by atoms with Crippen molar-refractivity contribution in [3.8, 4) is 0 Å². The molecule has 0 amide bonds. The molecule has 1 unspecified atom stereocenters. The van der Waals surface area contributed by atoms with Crippen molar-refractivity contribution in [2.75, 3.05) is 0 Å². The van der Waals surface area contributed by atoms with Crippen molar-refractivity contribution in [3.05, 3.63) is 51.1 Å². The first-order chi connectivity index (χ1) is 9.58. The molecule has 20 heavy (non-hydrogen) atoms. The van der Waals surface area contributed by atoms with Crippen LogP contribution in [0, 0.1) is 6.92 Å². The fraction of sp³-hybridized carbons (Fsp3) is 0.267. The van der Waals surface area contributed by atoms with Gasteiger partial charge >= 0.3 is 0 Å². The number of nitrogens with zero attached hydrogens (tertiary/aromatic N) is 2. The first-order valence-electron chi connectivity index (χ1n) is 6.47. The van der Waals surface area contributed by atoms with E-state index in [-0.39, 0.29) is 6.04 Å². The van der Waals surface area contributed by atoms with Crippen LogP contribution in [-0.4, -0.2) is 9.78 Å². The minimum Gasteiger partial charge on any atom is -0.324 e. The van der Waals surface area contributed by atoms with Gasteiger partial charge in [0.2, 0.25) is 0 Å². The molecular formula is C15H16BrN3S. The van der Waals surface area contributed by atoms with Crippen LogP contribution in [0.1, 0.15) is 23.0 Å². The molecule has 104 valence electrons. The maximum Gasteiger partial charge on any atom is 0.0738 e. The Hall–Kier alpha value is -1.17. The van der Waals surface area contributed by atoms with E-state index in [9.17, 15) is 0 Å². The molecule has 3 nitrogen and oxygen atoms in total. The van der Waals surface area contributed by atoms with Crippen LogP contribution >= 0.6 is 27.3 Å². The molecule has 2 aromatic heterocycles. The summed E-state index contributed by atoms with van der Waals surface area (Å²) in [4.78, 5) is 0. The average molecular weight is 350 g/mol. The summed E-state index contributed by atoms with van der Waals surface area (Å²) in [6, 6.07) is 8.40. The zero-order valence-electron chi connectivity index (χ0n) is 11.4. The summed E-state index contributed by atoms with van der Waals surface area (Å²) in [5, 5.41) is 7.86. The summed E-state index contributed by atoms with van der Waals surface area (Å²) in [6.07, 6.45) is 0.776. The zero-order chi connectivity index (χ0) is 14.3. The zero-order valence-corrected chi connectivity index (χ0v) is 13.8. The Morgan fingerprint density at radius 2 is 2.15 bits per heavy atom. The summed E-state index contributed by atoms with van der Waals surface area (Å²) in [5.41, 5.74) is 9.80. The number of rotatable bonds is 3. The molecule has 3 aromatic rings. The van der Waals surface area contributed by atoms with Crippen LogP contribution in [0.5, 0.6) is 0 Å². The van der Waals surface area contributed by atoms with Gasteiger partial charge in [-0.3, -0.25) is 4.68 Å². The van der Waals surface area contributed by atoms with E-state index in [4.69, 9.17) is 5.73 Å². The Morgan fingerprint density at radius 1 is 1.40 bits per heavy atom. The van der Waals surface area contributed by atoms with Crippen LogP contribution in [0.25, 0.3) is 10.1 Å². The van der Waals surface area contributed by atoms with Gasteiger partial charge < -0.3 is 5.73 Å². The molecule has 2 N–H and O–H groups in total. The van der Waals surface area contributed by atoms with Crippen LogP contribution < -0.4 is 5.73 Å². The van der Waals surface area contributed by atoms with Crippen molar-refractivity contribution in [1.82, 2.24) is 9.78 Å². The third-order valence-electron chi connectivity index (χ3n) is 3.59. The highest BCUT2D eigenvalue weighted by Gasteiger charge is 2.17. The van der Waals surface area contributed by atoms with E-state index in [0.717, 1.165) is 22.3 Å². The molecule has 0 spiro atoms. The van der Waals surface area contributed by atoms with Crippen molar-refractivity contribution < 1.29 is 0 Å². The maximum absolute atomic E-state index is 6.43. The number of aryl methyl sites for hydroxylation is 2. The van der Waals surface area contributed by atoms with E-state index < -0.39 is 0 Å². The maximum atomic E-state index is 6.43. The van der Waals surface area contributed by atoms with Crippen LogP contribution in [0.4, 0.5) is 0 Å². The first kappa shape index (κ1) is 13.8. The fourth-order valence-corrected chi connectivity index (χ4v) is 4.03. The number of thiophene rings is 1. The molecule has 1 atom stereocenters.